The Bertz CT molecular complexity index is 663. The molecule has 24 heavy (non-hydrogen) atoms. The zero-order chi connectivity index (χ0) is 17.3. The average Bonchev–Trinajstić information content (AvgIpc) is 2.61. The van der Waals surface area contributed by atoms with Gasteiger partial charge in [0.2, 0.25) is 5.91 Å². The van der Waals surface area contributed by atoms with Crippen LogP contribution >= 0.6 is 0 Å². The first-order chi connectivity index (χ1) is 11.5. The standard InChI is InChI=1S/C17H27N5O2/c1-4-20-7-9-21(10-8-20)17(24)13(2)22-6-5-15-14(12-22)11-16(23)19(3)18-15/h11,13H,4-10,12H2,1-3H3. The molecular weight excluding hydrogens is 306 g/mol. The van der Waals surface area contributed by atoms with Gasteiger partial charge in [-0.15, -0.1) is 0 Å². The first-order valence-electron chi connectivity index (χ1n) is 8.81. The van der Waals surface area contributed by atoms with Gasteiger partial charge in [0.25, 0.3) is 5.56 Å². The van der Waals surface area contributed by atoms with E-state index in [1.54, 1.807) is 13.1 Å². The molecule has 1 aromatic rings. The van der Waals surface area contributed by atoms with Gasteiger partial charge in [0.05, 0.1) is 11.7 Å². The van der Waals surface area contributed by atoms with Gasteiger partial charge in [0.1, 0.15) is 0 Å². The highest BCUT2D eigenvalue weighted by Crippen LogP contribution is 2.18. The zero-order valence-electron chi connectivity index (χ0n) is 14.9. The van der Waals surface area contributed by atoms with Crippen molar-refractivity contribution in [2.75, 3.05) is 39.3 Å². The minimum Gasteiger partial charge on any atom is -0.339 e. The van der Waals surface area contributed by atoms with Crippen LogP contribution in [0.25, 0.3) is 0 Å². The fourth-order valence-corrected chi connectivity index (χ4v) is 3.55. The maximum absolute atomic E-state index is 12.8. The van der Waals surface area contributed by atoms with Gasteiger partial charge in [-0.1, -0.05) is 6.92 Å². The molecule has 0 spiro atoms. The van der Waals surface area contributed by atoms with Crippen LogP contribution in [-0.4, -0.2) is 75.7 Å². The Morgan fingerprint density at radius 1 is 1.25 bits per heavy atom. The van der Waals surface area contributed by atoms with Crippen molar-refractivity contribution in [1.82, 2.24) is 24.5 Å². The first-order valence-corrected chi connectivity index (χ1v) is 8.81. The van der Waals surface area contributed by atoms with E-state index in [2.05, 4.69) is 21.8 Å². The number of carbonyl (C=O) groups is 1. The van der Waals surface area contributed by atoms with Crippen LogP contribution in [0.4, 0.5) is 0 Å². The molecule has 3 heterocycles. The van der Waals surface area contributed by atoms with Crippen molar-refractivity contribution in [2.24, 2.45) is 7.05 Å². The van der Waals surface area contributed by atoms with Crippen LogP contribution in [0.1, 0.15) is 25.1 Å². The molecule has 1 amide bonds. The van der Waals surface area contributed by atoms with Crippen molar-refractivity contribution in [3.05, 3.63) is 27.7 Å². The van der Waals surface area contributed by atoms with E-state index in [9.17, 15) is 9.59 Å². The number of nitrogens with zero attached hydrogens (tertiary/aromatic N) is 5. The monoisotopic (exact) mass is 333 g/mol. The lowest BCUT2D eigenvalue weighted by molar-refractivity contribution is -0.138. The number of piperazine rings is 1. The van der Waals surface area contributed by atoms with E-state index in [0.29, 0.717) is 6.54 Å². The lowest BCUT2D eigenvalue weighted by Gasteiger charge is -2.39. The van der Waals surface area contributed by atoms with Crippen molar-refractivity contribution in [2.45, 2.75) is 32.9 Å². The normalized spacial score (nSPS) is 20.7. The van der Waals surface area contributed by atoms with Crippen molar-refractivity contribution in [3.8, 4) is 0 Å². The molecule has 0 N–H and O–H groups in total. The van der Waals surface area contributed by atoms with E-state index < -0.39 is 0 Å². The number of hydrogen-bond acceptors (Lipinski definition) is 5. The Morgan fingerprint density at radius 3 is 2.62 bits per heavy atom. The van der Waals surface area contributed by atoms with Crippen LogP contribution in [0.15, 0.2) is 10.9 Å². The minimum atomic E-state index is -0.157. The lowest BCUT2D eigenvalue weighted by atomic mass is 10.0. The molecule has 1 atom stereocenters. The fraction of sp³-hybridized carbons (Fsp3) is 0.706. The Kier molecular flexibility index (Phi) is 5.01. The summed E-state index contributed by atoms with van der Waals surface area (Å²) in [6, 6.07) is 1.50. The van der Waals surface area contributed by atoms with Crippen molar-refractivity contribution in [3.63, 3.8) is 0 Å². The highest BCUT2D eigenvalue weighted by atomic mass is 16.2. The predicted molar refractivity (Wildman–Crippen MR) is 91.7 cm³/mol. The number of aromatic nitrogens is 2. The van der Waals surface area contributed by atoms with Crippen molar-refractivity contribution in [1.29, 1.82) is 0 Å². The quantitative estimate of drug-likeness (QED) is 0.759. The van der Waals surface area contributed by atoms with Crippen molar-refractivity contribution < 1.29 is 4.79 Å². The lowest BCUT2D eigenvalue weighted by Crippen LogP contribution is -2.54. The van der Waals surface area contributed by atoms with Gasteiger partial charge in [0.15, 0.2) is 0 Å². The summed E-state index contributed by atoms with van der Waals surface area (Å²) < 4.78 is 1.39. The Labute approximate surface area is 142 Å². The fourth-order valence-electron chi connectivity index (χ4n) is 3.55. The van der Waals surface area contributed by atoms with E-state index in [1.807, 2.05) is 11.8 Å². The second-order valence-electron chi connectivity index (χ2n) is 6.73. The van der Waals surface area contributed by atoms with Gasteiger partial charge >= 0.3 is 0 Å². The Balaban J connectivity index is 1.65. The van der Waals surface area contributed by atoms with E-state index in [-0.39, 0.29) is 17.5 Å². The molecule has 7 heteroatoms. The molecule has 132 valence electrons. The van der Waals surface area contributed by atoms with E-state index in [4.69, 9.17) is 0 Å². The molecule has 0 radical (unpaired) electrons. The molecule has 0 saturated carbocycles. The highest BCUT2D eigenvalue weighted by molar-refractivity contribution is 5.81. The van der Waals surface area contributed by atoms with Gasteiger partial charge in [-0.3, -0.25) is 14.5 Å². The van der Waals surface area contributed by atoms with Crippen LogP contribution < -0.4 is 5.56 Å². The second-order valence-corrected chi connectivity index (χ2v) is 6.73. The summed E-state index contributed by atoms with van der Waals surface area (Å²) in [7, 11) is 1.68. The third kappa shape index (κ3) is 3.37. The van der Waals surface area contributed by atoms with Crippen LogP contribution in [0.3, 0.4) is 0 Å². The number of aryl methyl sites for hydroxylation is 1. The molecule has 1 aromatic heterocycles. The minimum absolute atomic E-state index is 0.0923. The molecule has 0 aliphatic carbocycles. The molecule has 7 nitrogen and oxygen atoms in total. The maximum Gasteiger partial charge on any atom is 0.266 e. The van der Waals surface area contributed by atoms with Crippen molar-refractivity contribution >= 4 is 5.91 Å². The summed E-state index contributed by atoms with van der Waals surface area (Å²) in [5.74, 6) is 0.200. The third-order valence-corrected chi connectivity index (χ3v) is 5.30. The van der Waals surface area contributed by atoms with E-state index >= 15 is 0 Å². The SMILES string of the molecule is CCN1CCN(C(=O)C(C)N2CCc3nn(C)c(=O)cc3C2)CC1. The topological polar surface area (TPSA) is 61.7 Å². The first kappa shape index (κ1) is 17.1. The molecule has 2 aliphatic heterocycles. The summed E-state index contributed by atoms with van der Waals surface area (Å²) in [4.78, 5) is 31.1. The van der Waals surface area contributed by atoms with Gasteiger partial charge < -0.3 is 9.80 Å². The number of amides is 1. The average molecular weight is 333 g/mol. The van der Waals surface area contributed by atoms with Crippen LogP contribution in [0.5, 0.6) is 0 Å². The van der Waals surface area contributed by atoms with Gasteiger partial charge in [-0.25, -0.2) is 4.68 Å². The summed E-state index contributed by atoms with van der Waals surface area (Å²) in [6.45, 7) is 10.1. The van der Waals surface area contributed by atoms with Gasteiger partial charge in [0, 0.05) is 58.8 Å². The van der Waals surface area contributed by atoms with Gasteiger partial charge in [-0.05, 0) is 19.0 Å². The molecule has 1 fully saturated rings. The summed E-state index contributed by atoms with van der Waals surface area (Å²) >= 11 is 0. The number of rotatable bonds is 3. The predicted octanol–water partition coefficient (Wildman–Crippen LogP) is -0.309. The molecule has 0 aromatic carbocycles. The summed E-state index contributed by atoms with van der Waals surface area (Å²) in [6.07, 6.45) is 0.782. The molecule has 3 rings (SSSR count). The molecule has 1 unspecified atom stereocenters. The number of carbonyl (C=O) groups excluding carboxylic acids is 1. The van der Waals surface area contributed by atoms with Crippen LogP contribution in [0.2, 0.25) is 0 Å². The van der Waals surface area contributed by atoms with Gasteiger partial charge in [-0.2, -0.15) is 5.10 Å². The summed E-state index contributed by atoms with van der Waals surface area (Å²) in [5, 5.41) is 4.34. The number of hydrogen-bond donors (Lipinski definition) is 0. The Hall–Kier alpha value is -1.73. The molecule has 1 saturated heterocycles. The smallest absolute Gasteiger partial charge is 0.266 e. The maximum atomic E-state index is 12.8. The summed E-state index contributed by atoms with van der Waals surface area (Å²) in [5.41, 5.74) is 1.84. The van der Waals surface area contributed by atoms with E-state index in [1.165, 1.54) is 4.68 Å². The van der Waals surface area contributed by atoms with Crippen LogP contribution in [-0.2, 0) is 24.8 Å². The molecule has 0 bridgehead atoms. The van der Waals surface area contributed by atoms with E-state index in [0.717, 1.165) is 56.9 Å². The molecular formula is C17H27N5O2. The van der Waals surface area contributed by atoms with Crippen LogP contribution in [0, 0.1) is 0 Å². The largest absolute Gasteiger partial charge is 0.339 e. The molecule has 2 aliphatic rings. The third-order valence-electron chi connectivity index (χ3n) is 5.30. The Morgan fingerprint density at radius 2 is 1.96 bits per heavy atom. The second kappa shape index (κ2) is 7.03. The number of fused-ring (bicyclic) bond motifs is 1. The number of likely N-dealkylation sites (N-methyl/N-ethyl adjacent to an activating group) is 1. The highest BCUT2D eigenvalue weighted by Gasteiger charge is 2.30. The zero-order valence-corrected chi connectivity index (χ0v) is 14.9.